The molecule has 23 heavy (non-hydrogen) atoms. The van der Waals surface area contributed by atoms with Crippen molar-refractivity contribution in [2.24, 2.45) is 7.05 Å². The number of aromatic carboxylic acids is 1. The second-order valence-electron chi connectivity index (χ2n) is 5.82. The third kappa shape index (κ3) is 2.04. The highest BCUT2D eigenvalue weighted by molar-refractivity contribution is 5.93. The first-order valence-electron chi connectivity index (χ1n) is 7.42. The number of hydrogen-bond acceptors (Lipinski definition) is 3. The summed E-state index contributed by atoms with van der Waals surface area (Å²) in [4.78, 5) is 16.0. The monoisotopic (exact) mass is 305 g/mol. The number of allylic oxidation sites excluding steroid dienone is 1. The lowest BCUT2D eigenvalue weighted by Gasteiger charge is -2.10. The number of aryl methyl sites for hydroxylation is 2. The Morgan fingerprint density at radius 3 is 2.87 bits per heavy atom. The lowest BCUT2D eigenvalue weighted by molar-refractivity contribution is 0.0685. The summed E-state index contributed by atoms with van der Waals surface area (Å²) in [6.45, 7) is 2.07. The average molecular weight is 305 g/mol. The molecule has 4 rings (SSSR count). The van der Waals surface area contributed by atoms with Crippen molar-refractivity contribution in [3.05, 3.63) is 52.7 Å². The van der Waals surface area contributed by atoms with Gasteiger partial charge in [-0.05, 0) is 31.0 Å². The lowest BCUT2D eigenvalue weighted by Crippen LogP contribution is -2.04. The number of carboxylic acid groups (broad SMARTS) is 1. The predicted molar refractivity (Wildman–Crippen MR) is 88.4 cm³/mol. The van der Waals surface area contributed by atoms with Crippen molar-refractivity contribution in [3.8, 4) is 11.4 Å². The summed E-state index contributed by atoms with van der Waals surface area (Å²) in [5.41, 5.74) is 5.88. The Balaban J connectivity index is 2.01. The molecule has 3 aromatic rings. The third-order valence-corrected chi connectivity index (χ3v) is 4.24. The van der Waals surface area contributed by atoms with E-state index < -0.39 is 5.97 Å². The van der Waals surface area contributed by atoms with Gasteiger partial charge in [0.15, 0.2) is 0 Å². The topological polar surface area (TPSA) is 68.0 Å². The normalized spacial score (nSPS) is 12.8. The molecule has 0 fully saturated rings. The minimum Gasteiger partial charge on any atom is -0.477 e. The molecule has 0 bridgehead atoms. The highest BCUT2D eigenvalue weighted by Crippen LogP contribution is 2.34. The van der Waals surface area contributed by atoms with Gasteiger partial charge in [0.05, 0.1) is 11.2 Å². The first-order valence-corrected chi connectivity index (χ1v) is 7.42. The summed E-state index contributed by atoms with van der Waals surface area (Å²) < 4.78 is 1.38. The van der Waals surface area contributed by atoms with Crippen LogP contribution in [-0.4, -0.2) is 25.8 Å². The molecule has 1 aliphatic carbocycles. The van der Waals surface area contributed by atoms with Gasteiger partial charge in [0, 0.05) is 24.1 Å². The summed E-state index contributed by atoms with van der Waals surface area (Å²) >= 11 is 0. The van der Waals surface area contributed by atoms with Gasteiger partial charge < -0.3 is 5.11 Å². The molecule has 5 nitrogen and oxygen atoms in total. The van der Waals surface area contributed by atoms with Crippen LogP contribution in [0.5, 0.6) is 0 Å². The highest BCUT2D eigenvalue weighted by Gasteiger charge is 2.21. The molecule has 0 spiro atoms. The van der Waals surface area contributed by atoms with Crippen molar-refractivity contribution in [1.82, 2.24) is 14.8 Å². The van der Waals surface area contributed by atoms with E-state index in [9.17, 15) is 9.90 Å². The van der Waals surface area contributed by atoms with E-state index in [-0.39, 0.29) is 5.69 Å². The number of rotatable bonds is 2. The molecule has 0 amide bonds. The smallest absolute Gasteiger partial charge is 0.354 e. The number of hydrogen-bond donors (Lipinski definition) is 1. The van der Waals surface area contributed by atoms with E-state index in [2.05, 4.69) is 30.2 Å². The molecule has 1 aromatic carbocycles. The maximum Gasteiger partial charge on any atom is 0.354 e. The molecule has 1 aliphatic rings. The molecule has 0 unspecified atom stereocenters. The maximum absolute atomic E-state index is 11.3. The van der Waals surface area contributed by atoms with Gasteiger partial charge in [-0.3, -0.25) is 4.68 Å². The molecule has 0 saturated heterocycles. The van der Waals surface area contributed by atoms with E-state index in [1.165, 1.54) is 15.8 Å². The Morgan fingerprint density at radius 1 is 1.30 bits per heavy atom. The van der Waals surface area contributed by atoms with E-state index in [0.29, 0.717) is 5.69 Å². The van der Waals surface area contributed by atoms with E-state index in [0.717, 1.165) is 28.6 Å². The van der Waals surface area contributed by atoms with Crippen molar-refractivity contribution < 1.29 is 9.90 Å². The van der Waals surface area contributed by atoms with Gasteiger partial charge in [-0.25, -0.2) is 9.78 Å². The zero-order chi connectivity index (χ0) is 16.1. The highest BCUT2D eigenvalue weighted by atomic mass is 16.4. The van der Waals surface area contributed by atoms with E-state index in [1.807, 2.05) is 12.1 Å². The zero-order valence-electron chi connectivity index (χ0n) is 12.9. The van der Waals surface area contributed by atoms with Crippen molar-refractivity contribution in [2.75, 3.05) is 0 Å². The van der Waals surface area contributed by atoms with Crippen LogP contribution in [0.15, 0.2) is 30.3 Å². The van der Waals surface area contributed by atoms with Gasteiger partial charge in [-0.1, -0.05) is 23.8 Å². The van der Waals surface area contributed by atoms with Gasteiger partial charge >= 0.3 is 5.97 Å². The Morgan fingerprint density at radius 2 is 2.13 bits per heavy atom. The Bertz CT molecular complexity index is 999. The van der Waals surface area contributed by atoms with E-state index in [1.54, 1.807) is 13.1 Å². The van der Waals surface area contributed by atoms with Crippen LogP contribution in [0.25, 0.3) is 28.4 Å². The molecule has 2 aromatic heterocycles. The fourth-order valence-corrected chi connectivity index (χ4v) is 3.13. The third-order valence-electron chi connectivity index (χ3n) is 4.24. The minimum absolute atomic E-state index is 0.154. The van der Waals surface area contributed by atoms with Gasteiger partial charge in [0.2, 0.25) is 0 Å². The second kappa shape index (κ2) is 4.78. The van der Waals surface area contributed by atoms with Crippen molar-refractivity contribution in [3.63, 3.8) is 0 Å². The fraction of sp³-hybridized carbons (Fsp3) is 0.167. The molecule has 114 valence electrons. The molecule has 0 aliphatic heterocycles. The first kappa shape index (κ1) is 13.7. The van der Waals surface area contributed by atoms with Gasteiger partial charge in [-0.15, -0.1) is 0 Å². The number of pyridine rings is 1. The second-order valence-corrected chi connectivity index (χ2v) is 5.82. The van der Waals surface area contributed by atoms with Crippen molar-refractivity contribution in [2.45, 2.75) is 13.3 Å². The first-order chi connectivity index (χ1) is 11.0. The van der Waals surface area contributed by atoms with Crippen LogP contribution in [0.4, 0.5) is 0 Å². The summed E-state index contributed by atoms with van der Waals surface area (Å²) in [7, 11) is 1.63. The van der Waals surface area contributed by atoms with Gasteiger partial charge in [0.25, 0.3) is 0 Å². The fourth-order valence-electron chi connectivity index (χ4n) is 3.13. The molecular formula is C18H15N3O2. The number of benzene rings is 1. The van der Waals surface area contributed by atoms with Crippen molar-refractivity contribution >= 4 is 22.9 Å². The Kier molecular flexibility index (Phi) is 2.84. The van der Waals surface area contributed by atoms with Crippen LogP contribution >= 0.6 is 0 Å². The number of nitrogens with zero attached hydrogens (tertiary/aromatic N) is 3. The number of aromatic nitrogens is 3. The molecule has 1 N–H and O–H groups in total. The lowest BCUT2D eigenvalue weighted by atomic mass is 9.99. The predicted octanol–water partition coefficient (Wildman–Crippen LogP) is 3.21. The number of fused-ring (bicyclic) bond motifs is 3. The largest absolute Gasteiger partial charge is 0.477 e. The zero-order valence-corrected chi connectivity index (χ0v) is 12.9. The molecule has 0 saturated carbocycles. The van der Waals surface area contributed by atoms with E-state index >= 15 is 0 Å². The van der Waals surface area contributed by atoms with Crippen LogP contribution in [0.2, 0.25) is 0 Å². The Hall–Kier alpha value is -2.95. The summed E-state index contributed by atoms with van der Waals surface area (Å²) in [5, 5.41) is 14.7. The van der Waals surface area contributed by atoms with Gasteiger partial charge in [0.1, 0.15) is 11.4 Å². The van der Waals surface area contributed by atoms with Crippen LogP contribution in [-0.2, 0) is 13.5 Å². The summed E-state index contributed by atoms with van der Waals surface area (Å²) in [5.74, 6) is -0.991. The molecular weight excluding hydrogens is 290 g/mol. The number of carbonyl (C=O) groups is 1. The maximum atomic E-state index is 11.3. The van der Waals surface area contributed by atoms with Crippen molar-refractivity contribution in [1.29, 1.82) is 0 Å². The molecule has 5 heteroatoms. The summed E-state index contributed by atoms with van der Waals surface area (Å²) in [6.07, 6.45) is 5.02. The number of carboxylic acids is 1. The quantitative estimate of drug-likeness (QED) is 0.789. The van der Waals surface area contributed by atoms with E-state index in [4.69, 9.17) is 4.98 Å². The Labute approximate surface area is 132 Å². The van der Waals surface area contributed by atoms with Crippen LogP contribution in [0, 0.1) is 6.92 Å². The minimum atomic E-state index is -0.991. The summed E-state index contributed by atoms with van der Waals surface area (Å²) in [6, 6.07) is 7.78. The molecule has 2 heterocycles. The van der Waals surface area contributed by atoms with Gasteiger partial charge in [-0.2, -0.15) is 5.10 Å². The average Bonchev–Trinajstić information content (AvgIpc) is 3.13. The molecule has 0 atom stereocenters. The standard InChI is InChI=1S/C18H15N3O2/c1-10-6-7-14-13(8-10)11-4-3-5-12(11)17(19-14)15-9-16(18(22)23)21(2)20-15/h3,5-9H,4H2,1-2H3,(H,22,23). The van der Waals surface area contributed by atoms with Crippen LogP contribution < -0.4 is 0 Å². The van der Waals surface area contributed by atoms with Crippen LogP contribution in [0.1, 0.15) is 27.2 Å². The van der Waals surface area contributed by atoms with Crippen LogP contribution in [0.3, 0.4) is 0 Å². The SMILES string of the molecule is Cc1ccc2nc(-c3cc(C(=O)O)n(C)n3)c3c(c2c1)CC=C3. The molecule has 0 radical (unpaired) electrons.